The number of carbonyl (C=O) groups is 1. The van der Waals surface area contributed by atoms with Gasteiger partial charge in [0.15, 0.2) is 0 Å². The Labute approximate surface area is 88.7 Å². The third-order valence-corrected chi connectivity index (χ3v) is 1.97. The third-order valence-electron chi connectivity index (χ3n) is 1.97. The quantitative estimate of drug-likeness (QED) is 0.782. The van der Waals surface area contributed by atoms with E-state index in [2.05, 4.69) is 5.32 Å². The van der Waals surface area contributed by atoms with Crippen LogP contribution in [-0.2, 0) is 4.79 Å². The van der Waals surface area contributed by atoms with Crippen LogP contribution in [0.4, 0.5) is 5.69 Å². The molecule has 0 aromatic heterocycles. The second-order valence-electron chi connectivity index (χ2n) is 3.27. The molecule has 4 nitrogen and oxygen atoms in total. The zero-order valence-corrected chi connectivity index (χ0v) is 8.53. The van der Waals surface area contributed by atoms with E-state index in [0.29, 0.717) is 6.42 Å². The largest absolute Gasteiger partial charge is 0.326 e. The van der Waals surface area contributed by atoms with Crippen LogP contribution in [0.1, 0.15) is 24.9 Å². The van der Waals surface area contributed by atoms with Crippen molar-refractivity contribution in [2.24, 2.45) is 5.73 Å². The van der Waals surface area contributed by atoms with Gasteiger partial charge in [-0.05, 0) is 17.7 Å². The molecule has 4 heteroatoms. The van der Waals surface area contributed by atoms with Gasteiger partial charge < -0.3 is 11.1 Å². The lowest BCUT2D eigenvalue weighted by atomic mass is 10.1. The van der Waals surface area contributed by atoms with Crippen molar-refractivity contribution in [3.63, 3.8) is 0 Å². The number of nitrogens with two attached hydrogens (primary N) is 1. The van der Waals surface area contributed by atoms with Gasteiger partial charge in [0.25, 0.3) is 0 Å². The van der Waals surface area contributed by atoms with E-state index in [4.69, 9.17) is 11.0 Å². The van der Waals surface area contributed by atoms with Crippen LogP contribution in [0, 0.1) is 11.3 Å². The highest BCUT2D eigenvalue weighted by Crippen LogP contribution is 2.16. The van der Waals surface area contributed by atoms with E-state index in [1.807, 2.05) is 18.2 Å². The van der Waals surface area contributed by atoms with E-state index >= 15 is 0 Å². The second-order valence-corrected chi connectivity index (χ2v) is 3.27. The van der Waals surface area contributed by atoms with E-state index in [9.17, 15) is 4.79 Å². The zero-order valence-electron chi connectivity index (χ0n) is 8.53. The molecular formula is C11H13N3O. The van der Waals surface area contributed by atoms with Gasteiger partial charge in [-0.1, -0.05) is 12.1 Å². The summed E-state index contributed by atoms with van der Waals surface area (Å²) in [5, 5.41) is 11.1. The van der Waals surface area contributed by atoms with Gasteiger partial charge in [0.1, 0.15) is 0 Å². The molecule has 3 N–H and O–H groups in total. The van der Waals surface area contributed by atoms with Crippen molar-refractivity contribution in [1.82, 2.24) is 0 Å². The summed E-state index contributed by atoms with van der Waals surface area (Å²) in [6.45, 7) is 1.45. The topological polar surface area (TPSA) is 78.9 Å². The Morgan fingerprint density at radius 1 is 1.53 bits per heavy atom. The number of nitriles is 1. The molecule has 1 aromatic rings. The van der Waals surface area contributed by atoms with Crippen LogP contribution in [0.2, 0.25) is 0 Å². The lowest BCUT2D eigenvalue weighted by Gasteiger charge is -2.08. The highest BCUT2D eigenvalue weighted by Gasteiger charge is 2.04. The molecule has 0 aliphatic rings. The smallest absolute Gasteiger partial charge is 0.221 e. The fourth-order valence-corrected chi connectivity index (χ4v) is 1.23. The number of hydrogen-bond acceptors (Lipinski definition) is 3. The monoisotopic (exact) mass is 203 g/mol. The molecule has 0 spiro atoms. The summed E-state index contributed by atoms with van der Waals surface area (Å²) in [6, 6.07) is 8.92. The van der Waals surface area contributed by atoms with E-state index in [0.717, 1.165) is 11.3 Å². The van der Waals surface area contributed by atoms with E-state index in [1.54, 1.807) is 12.1 Å². The molecular weight excluding hydrogens is 190 g/mol. The van der Waals surface area contributed by atoms with Crippen LogP contribution in [-0.4, -0.2) is 5.91 Å². The molecule has 0 aliphatic carbocycles. The van der Waals surface area contributed by atoms with Gasteiger partial charge in [0, 0.05) is 18.7 Å². The first kappa shape index (κ1) is 11.2. The molecule has 1 amide bonds. The van der Waals surface area contributed by atoms with Gasteiger partial charge in [0.05, 0.1) is 12.5 Å². The van der Waals surface area contributed by atoms with E-state index in [1.165, 1.54) is 6.92 Å². The Kier molecular flexibility index (Phi) is 3.83. The van der Waals surface area contributed by atoms with E-state index in [-0.39, 0.29) is 11.9 Å². The lowest BCUT2D eigenvalue weighted by Crippen LogP contribution is -2.10. The van der Waals surface area contributed by atoms with Crippen molar-refractivity contribution in [2.45, 2.75) is 19.4 Å². The Balaban J connectivity index is 2.72. The fourth-order valence-electron chi connectivity index (χ4n) is 1.23. The van der Waals surface area contributed by atoms with E-state index < -0.39 is 0 Å². The summed E-state index contributed by atoms with van der Waals surface area (Å²) in [5.74, 6) is -0.107. The number of rotatable bonds is 3. The number of benzene rings is 1. The average molecular weight is 203 g/mol. The van der Waals surface area contributed by atoms with Crippen molar-refractivity contribution in [2.75, 3.05) is 5.32 Å². The number of amides is 1. The van der Waals surface area contributed by atoms with Crippen LogP contribution in [0.3, 0.4) is 0 Å². The summed E-state index contributed by atoms with van der Waals surface area (Å²) in [5.41, 5.74) is 7.37. The standard InChI is InChI=1S/C11H13N3O/c1-8(15)14-10-4-2-9(3-5-10)11(13)6-7-12/h2-5,11H,6,13H2,1H3,(H,14,15)/t11-/m0/s1. The summed E-state index contributed by atoms with van der Waals surface area (Å²) in [7, 11) is 0. The van der Waals surface area contributed by atoms with Gasteiger partial charge in [-0.2, -0.15) is 5.26 Å². The first-order chi connectivity index (χ1) is 7.13. The molecule has 0 saturated heterocycles. The van der Waals surface area contributed by atoms with Crippen molar-refractivity contribution in [3.05, 3.63) is 29.8 Å². The Morgan fingerprint density at radius 2 is 2.13 bits per heavy atom. The maximum Gasteiger partial charge on any atom is 0.221 e. The molecule has 1 rings (SSSR count). The van der Waals surface area contributed by atoms with Crippen LogP contribution in [0.25, 0.3) is 0 Å². The first-order valence-electron chi connectivity index (χ1n) is 4.63. The predicted molar refractivity (Wildman–Crippen MR) is 57.9 cm³/mol. The highest BCUT2D eigenvalue weighted by atomic mass is 16.1. The van der Waals surface area contributed by atoms with Gasteiger partial charge in [0.2, 0.25) is 5.91 Å². The first-order valence-corrected chi connectivity index (χ1v) is 4.63. The fraction of sp³-hybridized carbons (Fsp3) is 0.273. The Bertz CT molecular complexity index is 378. The van der Waals surface area contributed by atoms with Gasteiger partial charge >= 0.3 is 0 Å². The minimum absolute atomic E-state index is 0.107. The minimum atomic E-state index is -0.263. The Hall–Kier alpha value is -1.86. The highest BCUT2D eigenvalue weighted by molar-refractivity contribution is 5.88. The normalized spacial score (nSPS) is 11.5. The molecule has 0 aliphatic heterocycles. The summed E-state index contributed by atoms with van der Waals surface area (Å²) >= 11 is 0. The number of anilines is 1. The molecule has 0 saturated carbocycles. The lowest BCUT2D eigenvalue weighted by molar-refractivity contribution is -0.114. The van der Waals surface area contributed by atoms with Crippen molar-refractivity contribution >= 4 is 11.6 Å². The van der Waals surface area contributed by atoms with Crippen molar-refractivity contribution in [3.8, 4) is 6.07 Å². The second kappa shape index (κ2) is 5.13. The third kappa shape index (κ3) is 3.41. The number of carbonyl (C=O) groups excluding carboxylic acids is 1. The van der Waals surface area contributed by atoms with Crippen LogP contribution in [0.5, 0.6) is 0 Å². The van der Waals surface area contributed by atoms with Gasteiger partial charge in [-0.15, -0.1) is 0 Å². The zero-order chi connectivity index (χ0) is 11.3. The Morgan fingerprint density at radius 3 is 2.60 bits per heavy atom. The molecule has 1 atom stereocenters. The molecule has 0 fully saturated rings. The average Bonchev–Trinajstić information content (AvgIpc) is 2.18. The van der Waals surface area contributed by atoms with Gasteiger partial charge in [-0.25, -0.2) is 0 Å². The number of hydrogen-bond donors (Lipinski definition) is 2. The summed E-state index contributed by atoms with van der Waals surface area (Å²) in [6.07, 6.45) is 0.291. The van der Waals surface area contributed by atoms with Crippen molar-refractivity contribution in [1.29, 1.82) is 5.26 Å². The molecule has 15 heavy (non-hydrogen) atoms. The van der Waals surface area contributed by atoms with Crippen LogP contribution >= 0.6 is 0 Å². The molecule has 78 valence electrons. The van der Waals surface area contributed by atoms with Crippen LogP contribution in [0.15, 0.2) is 24.3 Å². The number of nitrogens with one attached hydrogen (secondary N) is 1. The molecule has 0 radical (unpaired) electrons. The maximum atomic E-state index is 10.8. The summed E-state index contributed by atoms with van der Waals surface area (Å²) < 4.78 is 0. The maximum absolute atomic E-state index is 10.8. The summed E-state index contributed by atoms with van der Waals surface area (Å²) in [4.78, 5) is 10.8. The van der Waals surface area contributed by atoms with Gasteiger partial charge in [-0.3, -0.25) is 4.79 Å². The molecule has 0 bridgehead atoms. The van der Waals surface area contributed by atoms with Crippen molar-refractivity contribution < 1.29 is 4.79 Å². The number of nitrogens with zero attached hydrogens (tertiary/aromatic N) is 1. The SMILES string of the molecule is CC(=O)Nc1ccc([C@@H](N)CC#N)cc1. The predicted octanol–water partition coefficient (Wildman–Crippen LogP) is 1.56. The molecule has 0 heterocycles. The minimum Gasteiger partial charge on any atom is -0.326 e. The molecule has 1 aromatic carbocycles. The molecule has 0 unspecified atom stereocenters. The van der Waals surface area contributed by atoms with Crippen LogP contribution < -0.4 is 11.1 Å².